The van der Waals surface area contributed by atoms with Crippen molar-refractivity contribution < 1.29 is 19.7 Å². The third-order valence-electron chi connectivity index (χ3n) is 2.61. The SMILES string of the molecule is Oc1ccc(CNc2ccc(F)cc2I)c(O)c1O. The van der Waals surface area contributed by atoms with Gasteiger partial charge in [0.1, 0.15) is 5.82 Å². The Morgan fingerprint density at radius 2 is 1.79 bits per heavy atom. The molecule has 0 saturated carbocycles. The first-order chi connectivity index (χ1) is 8.99. The van der Waals surface area contributed by atoms with Crippen LogP contribution >= 0.6 is 22.6 Å². The van der Waals surface area contributed by atoms with Gasteiger partial charge in [-0.2, -0.15) is 0 Å². The van der Waals surface area contributed by atoms with Crippen LogP contribution in [0.15, 0.2) is 30.3 Å². The molecule has 19 heavy (non-hydrogen) atoms. The molecule has 0 fully saturated rings. The van der Waals surface area contributed by atoms with E-state index in [1.165, 1.54) is 24.3 Å². The predicted octanol–water partition coefficient (Wildman–Crippen LogP) is 3.16. The van der Waals surface area contributed by atoms with E-state index in [4.69, 9.17) is 0 Å². The quantitative estimate of drug-likeness (QED) is 0.491. The number of aromatic hydroxyl groups is 3. The monoisotopic (exact) mass is 375 g/mol. The lowest BCUT2D eigenvalue weighted by Crippen LogP contribution is -2.01. The Balaban J connectivity index is 2.17. The van der Waals surface area contributed by atoms with Gasteiger partial charge in [-0.1, -0.05) is 0 Å². The molecule has 0 radical (unpaired) electrons. The van der Waals surface area contributed by atoms with Crippen LogP contribution in [-0.4, -0.2) is 15.3 Å². The summed E-state index contributed by atoms with van der Waals surface area (Å²) in [6.45, 7) is 0.237. The van der Waals surface area contributed by atoms with E-state index in [1.807, 2.05) is 22.6 Å². The number of phenolic OH excluding ortho intramolecular Hbond substituents is 3. The highest BCUT2D eigenvalue weighted by molar-refractivity contribution is 14.1. The summed E-state index contributed by atoms with van der Waals surface area (Å²) in [6.07, 6.45) is 0. The Bertz CT molecular complexity index is 619. The lowest BCUT2D eigenvalue weighted by Gasteiger charge is -2.11. The van der Waals surface area contributed by atoms with Crippen molar-refractivity contribution in [3.05, 3.63) is 45.3 Å². The first-order valence-electron chi connectivity index (χ1n) is 5.40. The number of anilines is 1. The third kappa shape index (κ3) is 3.01. The minimum absolute atomic E-state index is 0.237. The highest BCUT2D eigenvalue weighted by Gasteiger charge is 2.11. The highest BCUT2D eigenvalue weighted by Crippen LogP contribution is 2.37. The van der Waals surface area contributed by atoms with Crippen LogP contribution in [-0.2, 0) is 6.54 Å². The molecule has 0 aliphatic heterocycles. The van der Waals surface area contributed by atoms with Gasteiger partial charge in [-0.05, 0) is 52.9 Å². The molecule has 6 heteroatoms. The lowest BCUT2D eigenvalue weighted by atomic mass is 10.1. The van der Waals surface area contributed by atoms with Crippen LogP contribution in [0.2, 0.25) is 0 Å². The summed E-state index contributed by atoms with van der Waals surface area (Å²) in [6, 6.07) is 7.10. The Kier molecular flexibility index (Phi) is 3.98. The zero-order valence-corrected chi connectivity index (χ0v) is 11.8. The van der Waals surface area contributed by atoms with Crippen LogP contribution in [0.1, 0.15) is 5.56 Å². The normalized spacial score (nSPS) is 10.4. The van der Waals surface area contributed by atoms with Gasteiger partial charge < -0.3 is 20.6 Å². The second-order valence-electron chi connectivity index (χ2n) is 3.92. The summed E-state index contributed by atoms with van der Waals surface area (Å²) in [7, 11) is 0. The van der Waals surface area contributed by atoms with Crippen molar-refractivity contribution in [1.29, 1.82) is 0 Å². The third-order valence-corrected chi connectivity index (χ3v) is 3.51. The molecule has 0 spiro atoms. The molecule has 0 saturated heterocycles. The van der Waals surface area contributed by atoms with E-state index in [0.29, 0.717) is 14.8 Å². The Morgan fingerprint density at radius 1 is 1.05 bits per heavy atom. The average molecular weight is 375 g/mol. The van der Waals surface area contributed by atoms with Crippen molar-refractivity contribution in [2.45, 2.75) is 6.54 Å². The first-order valence-corrected chi connectivity index (χ1v) is 6.48. The maximum Gasteiger partial charge on any atom is 0.200 e. The Morgan fingerprint density at radius 3 is 2.47 bits per heavy atom. The average Bonchev–Trinajstić information content (AvgIpc) is 2.37. The summed E-state index contributed by atoms with van der Waals surface area (Å²) < 4.78 is 13.6. The molecule has 0 amide bonds. The predicted molar refractivity (Wildman–Crippen MR) is 77.9 cm³/mol. The fourth-order valence-electron chi connectivity index (χ4n) is 1.58. The molecule has 0 atom stereocenters. The van der Waals surface area contributed by atoms with Crippen molar-refractivity contribution in [2.75, 3.05) is 5.32 Å². The van der Waals surface area contributed by atoms with Gasteiger partial charge in [0.05, 0.1) is 0 Å². The fraction of sp³-hybridized carbons (Fsp3) is 0.0769. The van der Waals surface area contributed by atoms with Crippen LogP contribution < -0.4 is 5.32 Å². The van der Waals surface area contributed by atoms with Gasteiger partial charge in [-0.15, -0.1) is 0 Å². The number of halogens is 2. The van der Waals surface area contributed by atoms with Crippen molar-refractivity contribution >= 4 is 28.3 Å². The number of nitrogens with one attached hydrogen (secondary N) is 1. The number of rotatable bonds is 3. The highest BCUT2D eigenvalue weighted by atomic mass is 127. The van der Waals surface area contributed by atoms with E-state index in [0.717, 1.165) is 0 Å². The van der Waals surface area contributed by atoms with Crippen LogP contribution in [0, 0.1) is 9.39 Å². The van der Waals surface area contributed by atoms with Crippen LogP contribution in [0.5, 0.6) is 17.2 Å². The van der Waals surface area contributed by atoms with Crippen LogP contribution in [0.4, 0.5) is 10.1 Å². The minimum atomic E-state index is -0.548. The molecule has 0 unspecified atom stereocenters. The van der Waals surface area contributed by atoms with Gasteiger partial charge in [0.25, 0.3) is 0 Å². The summed E-state index contributed by atoms with van der Waals surface area (Å²) in [5.74, 6) is -1.62. The first kappa shape index (κ1) is 13.7. The van der Waals surface area contributed by atoms with Crippen molar-refractivity contribution in [1.82, 2.24) is 0 Å². The maximum atomic E-state index is 12.9. The van der Waals surface area contributed by atoms with Gasteiger partial charge in [0, 0.05) is 21.4 Å². The lowest BCUT2D eigenvalue weighted by molar-refractivity contribution is 0.365. The van der Waals surface area contributed by atoms with Gasteiger partial charge >= 0.3 is 0 Å². The maximum absolute atomic E-state index is 12.9. The molecular formula is C13H11FINO3. The zero-order chi connectivity index (χ0) is 14.0. The van der Waals surface area contributed by atoms with Gasteiger partial charge in [0.2, 0.25) is 5.75 Å². The molecule has 0 aromatic heterocycles. The summed E-state index contributed by atoms with van der Waals surface area (Å²) in [5.41, 5.74) is 1.14. The summed E-state index contributed by atoms with van der Waals surface area (Å²) in [4.78, 5) is 0. The molecule has 2 rings (SSSR count). The van der Waals surface area contributed by atoms with Gasteiger partial charge in [-0.3, -0.25) is 0 Å². The van der Waals surface area contributed by atoms with E-state index in [9.17, 15) is 19.7 Å². The molecule has 0 aliphatic rings. The molecule has 2 aromatic carbocycles. The number of benzene rings is 2. The van der Waals surface area contributed by atoms with Crippen LogP contribution in [0.25, 0.3) is 0 Å². The molecule has 4 N–H and O–H groups in total. The smallest absolute Gasteiger partial charge is 0.200 e. The van der Waals surface area contributed by atoms with Crippen molar-refractivity contribution in [3.8, 4) is 17.2 Å². The topological polar surface area (TPSA) is 72.7 Å². The second kappa shape index (κ2) is 5.52. The molecule has 4 nitrogen and oxygen atoms in total. The summed E-state index contributed by atoms with van der Waals surface area (Å²) >= 11 is 2.00. The molecule has 0 heterocycles. The summed E-state index contributed by atoms with van der Waals surface area (Å²) in [5, 5.41) is 31.3. The molecule has 0 bridgehead atoms. The molecular weight excluding hydrogens is 364 g/mol. The minimum Gasteiger partial charge on any atom is -0.504 e. The van der Waals surface area contributed by atoms with Gasteiger partial charge in [0.15, 0.2) is 11.5 Å². The van der Waals surface area contributed by atoms with E-state index >= 15 is 0 Å². The standard InChI is InChI=1S/C13H11FINO3/c14-8-2-3-10(9(15)5-8)16-6-7-1-4-11(17)13(19)12(7)18/h1-5,16-19H,6H2. The van der Waals surface area contributed by atoms with E-state index in [1.54, 1.807) is 6.07 Å². The van der Waals surface area contributed by atoms with Crippen LogP contribution in [0.3, 0.4) is 0 Å². The van der Waals surface area contributed by atoms with E-state index < -0.39 is 5.75 Å². The molecule has 0 aliphatic carbocycles. The Labute approximate surface area is 122 Å². The van der Waals surface area contributed by atoms with Crippen molar-refractivity contribution in [2.24, 2.45) is 0 Å². The van der Waals surface area contributed by atoms with Gasteiger partial charge in [-0.25, -0.2) is 4.39 Å². The largest absolute Gasteiger partial charge is 0.504 e. The number of hydrogen-bond acceptors (Lipinski definition) is 4. The molecule has 100 valence electrons. The van der Waals surface area contributed by atoms with E-state index in [-0.39, 0.29) is 23.9 Å². The fourth-order valence-corrected chi connectivity index (χ4v) is 2.24. The zero-order valence-electron chi connectivity index (χ0n) is 9.69. The Hall–Kier alpha value is -1.70. The number of phenols is 3. The molecule has 2 aromatic rings. The number of hydrogen-bond donors (Lipinski definition) is 4. The van der Waals surface area contributed by atoms with E-state index in [2.05, 4.69) is 5.32 Å². The second-order valence-corrected chi connectivity index (χ2v) is 5.08. The van der Waals surface area contributed by atoms with Crippen molar-refractivity contribution in [3.63, 3.8) is 0 Å².